The second-order valence-electron chi connectivity index (χ2n) is 13.8. The van der Waals surface area contributed by atoms with Crippen LogP contribution in [0.25, 0.3) is 0 Å². The van der Waals surface area contributed by atoms with Gasteiger partial charge in [0.15, 0.2) is 0 Å². The number of piperidine rings is 2. The van der Waals surface area contributed by atoms with Crippen molar-refractivity contribution in [3.05, 3.63) is 69.7 Å². The lowest BCUT2D eigenvalue weighted by molar-refractivity contribution is -0.143. The molecule has 2 aliphatic rings. The molecule has 2 fully saturated rings. The summed E-state index contributed by atoms with van der Waals surface area (Å²) >= 11 is 16.5. The minimum atomic E-state index is -0.946. The van der Waals surface area contributed by atoms with Gasteiger partial charge in [0.2, 0.25) is 23.6 Å². The van der Waals surface area contributed by atoms with Gasteiger partial charge in [-0.3, -0.25) is 19.2 Å². The van der Waals surface area contributed by atoms with E-state index in [-0.39, 0.29) is 48.4 Å². The number of unbranched alkanes of at least 4 members (excludes halogenated alkanes) is 2. The van der Waals surface area contributed by atoms with Crippen LogP contribution in [0.2, 0.25) is 10.0 Å². The van der Waals surface area contributed by atoms with Gasteiger partial charge < -0.3 is 31.1 Å². The number of thiol groups is 1. The molecule has 0 bridgehead atoms. The number of carbonyl (C=O) groups is 5. The maximum atomic E-state index is 14.4. The zero-order chi connectivity index (χ0) is 37.5. The number of nitrogens with zero attached hydrogens (tertiary/aromatic N) is 2. The Morgan fingerprint density at radius 2 is 1.69 bits per heavy atom. The van der Waals surface area contributed by atoms with Gasteiger partial charge in [0.1, 0.15) is 6.04 Å². The highest BCUT2D eigenvalue weighted by atomic mass is 35.5. The molecule has 284 valence electrons. The Morgan fingerprint density at radius 1 is 0.923 bits per heavy atom. The van der Waals surface area contributed by atoms with Gasteiger partial charge in [0.05, 0.1) is 21.2 Å². The summed E-state index contributed by atoms with van der Waals surface area (Å²) in [7, 11) is 0. The van der Waals surface area contributed by atoms with Crippen LogP contribution < -0.4 is 21.3 Å². The molecule has 2 aromatic rings. The van der Waals surface area contributed by atoms with Crippen molar-refractivity contribution in [2.75, 3.05) is 45.0 Å². The molecule has 1 unspecified atom stereocenters. The quantitative estimate of drug-likeness (QED) is 0.123. The van der Waals surface area contributed by atoms with E-state index in [0.29, 0.717) is 81.3 Å². The minimum Gasteiger partial charge on any atom is -0.356 e. The highest BCUT2D eigenvalue weighted by Crippen LogP contribution is 2.35. The molecule has 52 heavy (non-hydrogen) atoms. The zero-order valence-electron chi connectivity index (χ0n) is 29.9. The van der Waals surface area contributed by atoms with Crippen LogP contribution in [0.4, 0.5) is 4.79 Å². The van der Waals surface area contributed by atoms with Gasteiger partial charge in [-0.1, -0.05) is 66.0 Å². The number of likely N-dealkylation sites (tertiary alicyclic amines) is 2. The maximum Gasteiger partial charge on any atom is 0.315 e. The molecule has 4 N–H and O–H groups in total. The number of benzene rings is 2. The molecule has 14 heteroatoms. The lowest BCUT2D eigenvalue weighted by Gasteiger charge is -2.43. The third-order valence-corrected chi connectivity index (χ3v) is 10.8. The number of carbonyl (C=O) groups excluding carboxylic acids is 5. The first-order chi connectivity index (χ1) is 25.0. The lowest BCUT2D eigenvalue weighted by Crippen LogP contribution is -2.60. The third-order valence-electron chi connectivity index (χ3n) is 9.76. The first kappa shape index (κ1) is 41.3. The van der Waals surface area contributed by atoms with E-state index in [2.05, 4.69) is 33.9 Å². The highest BCUT2D eigenvalue weighted by molar-refractivity contribution is 7.81. The Labute approximate surface area is 322 Å². The van der Waals surface area contributed by atoms with Crippen molar-refractivity contribution in [1.82, 2.24) is 31.1 Å². The average molecular weight is 776 g/mol. The summed E-state index contributed by atoms with van der Waals surface area (Å²) in [6.45, 7) is 4.61. The van der Waals surface area contributed by atoms with Crippen LogP contribution >= 0.6 is 35.8 Å². The molecular formula is C38H52Cl2N6O5S. The van der Waals surface area contributed by atoms with Crippen LogP contribution in [0.5, 0.6) is 0 Å². The number of halogens is 2. The van der Waals surface area contributed by atoms with E-state index in [9.17, 15) is 24.0 Å². The molecule has 0 spiro atoms. The van der Waals surface area contributed by atoms with Crippen molar-refractivity contribution in [3.63, 3.8) is 0 Å². The molecule has 11 nitrogen and oxygen atoms in total. The Balaban J connectivity index is 1.42. The van der Waals surface area contributed by atoms with Gasteiger partial charge in [-0.25, -0.2) is 4.79 Å². The molecule has 0 aliphatic carbocycles. The molecule has 0 saturated carbocycles. The van der Waals surface area contributed by atoms with Gasteiger partial charge in [0.25, 0.3) is 0 Å². The lowest BCUT2D eigenvalue weighted by atomic mass is 9.74. The molecule has 3 atom stereocenters. The number of amides is 6. The molecule has 4 rings (SSSR count). The van der Waals surface area contributed by atoms with Crippen LogP contribution in [0.1, 0.15) is 69.4 Å². The normalized spacial score (nSPS) is 19.3. The smallest absolute Gasteiger partial charge is 0.315 e. The summed E-state index contributed by atoms with van der Waals surface area (Å²) in [6, 6.07) is 13.2. The van der Waals surface area contributed by atoms with Crippen molar-refractivity contribution in [2.45, 2.75) is 83.2 Å². The SMILES string of the molecule is CCNC(=O)[C@]1(Cc2ccccc2)CCCN(C(=O)C(Cc2ccc(Cl)c(Cl)c2)NC(=O)N[C@@H]2CCCN(C(=O)CCCCCNC(=O)CS)C2)C1. The molecule has 6 amide bonds. The Hall–Kier alpha value is -3.48. The van der Waals surface area contributed by atoms with Crippen molar-refractivity contribution < 1.29 is 24.0 Å². The van der Waals surface area contributed by atoms with Crippen LogP contribution in [0.3, 0.4) is 0 Å². The maximum absolute atomic E-state index is 14.4. The number of rotatable bonds is 16. The zero-order valence-corrected chi connectivity index (χ0v) is 32.3. The van der Waals surface area contributed by atoms with E-state index >= 15 is 0 Å². The third kappa shape index (κ3) is 12.3. The fraction of sp³-hybridized carbons (Fsp3) is 0.553. The highest BCUT2D eigenvalue weighted by Gasteiger charge is 2.44. The Bertz CT molecular complexity index is 1530. The van der Waals surface area contributed by atoms with Gasteiger partial charge in [0, 0.05) is 58.2 Å². The first-order valence-electron chi connectivity index (χ1n) is 18.3. The summed E-state index contributed by atoms with van der Waals surface area (Å²) < 4.78 is 0. The van der Waals surface area contributed by atoms with E-state index in [1.807, 2.05) is 37.3 Å². The molecular weight excluding hydrogens is 723 g/mol. The molecule has 2 saturated heterocycles. The predicted octanol–water partition coefficient (Wildman–Crippen LogP) is 4.79. The van der Waals surface area contributed by atoms with Crippen LogP contribution in [-0.4, -0.2) is 96.6 Å². The largest absolute Gasteiger partial charge is 0.356 e. The topological polar surface area (TPSA) is 140 Å². The second-order valence-corrected chi connectivity index (χ2v) is 14.9. The van der Waals surface area contributed by atoms with Crippen molar-refractivity contribution in [1.29, 1.82) is 0 Å². The van der Waals surface area contributed by atoms with Gasteiger partial charge >= 0.3 is 6.03 Å². The molecule has 0 radical (unpaired) electrons. The van der Waals surface area contributed by atoms with Gasteiger partial charge in [-0.2, -0.15) is 12.6 Å². The van der Waals surface area contributed by atoms with Crippen LogP contribution in [-0.2, 0) is 32.0 Å². The molecule has 0 aromatic heterocycles. The van der Waals surface area contributed by atoms with Crippen molar-refractivity contribution >= 4 is 65.5 Å². The number of hydrogen-bond acceptors (Lipinski definition) is 6. The van der Waals surface area contributed by atoms with E-state index in [1.54, 1.807) is 28.0 Å². The standard InChI is InChI=1S/C38H52Cl2N6O5S/c1-2-41-36(50)38(23-27-11-5-3-6-12-27)17-10-20-46(26-38)35(49)32(22-28-15-16-30(39)31(40)21-28)44-37(51)43-29-13-9-19-45(24-29)34(48)14-7-4-8-18-42-33(47)25-52/h3,5-6,11-12,15-16,21,29,32,52H,2,4,7-10,13-14,17-20,22-26H2,1H3,(H,41,50)(H,42,47)(H2,43,44,51)/t29-,32?,38+/m1/s1. The van der Waals surface area contributed by atoms with E-state index in [0.717, 1.165) is 30.4 Å². The molecule has 2 aliphatic heterocycles. The van der Waals surface area contributed by atoms with Crippen molar-refractivity contribution in [3.8, 4) is 0 Å². The van der Waals surface area contributed by atoms with E-state index < -0.39 is 17.5 Å². The summed E-state index contributed by atoms with van der Waals surface area (Å²) in [5.74, 6) is -0.285. The number of nitrogens with one attached hydrogen (secondary N) is 4. The first-order valence-corrected chi connectivity index (χ1v) is 19.7. The van der Waals surface area contributed by atoms with E-state index in [4.69, 9.17) is 23.2 Å². The average Bonchev–Trinajstić information content (AvgIpc) is 3.14. The van der Waals surface area contributed by atoms with Crippen LogP contribution in [0, 0.1) is 5.41 Å². The van der Waals surface area contributed by atoms with Gasteiger partial charge in [-0.05, 0) is 75.1 Å². The summed E-state index contributed by atoms with van der Waals surface area (Å²) in [4.78, 5) is 69.4. The second kappa shape index (κ2) is 20.7. The van der Waals surface area contributed by atoms with Crippen LogP contribution in [0.15, 0.2) is 48.5 Å². The Morgan fingerprint density at radius 3 is 2.42 bits per heavy atom. The van der Waals surface area contributed by atoms with Gasteiger partial charge in [-0.15, -0.1) is 0 Å². The number of hydrogen-bond donors (Lipinski definition) is 5. The predicted molar refractivity (Wildman–Crippen MR) is 208 cm³/mol. The summed E-state index contributed by atoms with van der Waals surface area (Å²) in [5, 5.41) is 12.5. The summed E-state index contributed by atoms with van der Waals surface area (Å²) in [6.07, 6.45) is 6.09. The minimum absolute atomic E-state index is 0.0372. The Kier molecular flexibility index (Phi) is 16.4. The summed E-state index contributed by atoms with van der Waals surface area (Å²) in [5.41, 5.74) is 0.924. The molecule has 2 aromatic carbocycles. The number of urea groups is 1. The fourth-order valence-electron chi connectivity index (χ4n) is 7.11. The fourth-order valence-corrected chi connectivity index (χ4v) is 7.55. The van der Waals surface area contributed by atoms with E-state index in [1.165, 1.54) is 0 Å². The monoisotopic (exact) mass is 774 g/mol. The molecule has 2 heterocycles. The van der Waals surface area contributed by atoms with Crippen molar-refractivity contribution in [2.24, 2.45) is 5.41 Å².